The first-order chi connectivity index (χ1) is 10.9. The Balaban J connectivity index is 2.54. The van der Waals surface area contributed by atoms with E-state index in [0.29, 0.717) is 26.0 Å². The number of hydrogen-bond donors (Lipinski definition) is 1. The van der Waals surface area contributed by atoms with Crippen LogP contribution in [-0.2, 0) is 19.6 Å². The van der Waals surface area contributed by atoms with E-state index < -0.39 is 15.8 Å². The van der Waals surface area contributed by atoms with Crippen molar-refractivity contribution in [2.45, 2.75) is 19.3 Å². The molecule has 0 atom stereocenters. The van der Waals surface area contributed by atoms with E-state index >= 15 is 0 Å². The lowest BCUT2D eigenvalue weighted by atomic mass is 10.2. The van der Waals surface area contributed by atoms with Crippen LogP contribution in [0.4, 0.5) is 10.1 Å². The van der Waals surface area contributed by atoms with E-state index in [9.17, 15) is 17.6 Å². The van der Waals surface area contributed by atoms with E-state index in [1.54, 1.807) is 13.2 Å². The van der Waals surface area contributed by atoms with Crippen molar-refractivity contribution in [3.05, 3.63) is 30.1 Å². The molecule has 0 fully saturated rings. The highest BCUT2D eigenvalue weighted by Gasteiger charge is 2.20. The van der Waals surface area contributed by atoms with Crippen LogP contribution in [-0.4, -0.2) is 47.4 Å². The van der Waals surface area contributed by atoms with Gasteiger partial charge in [-0.15, -0.1) is 0 Å². The normalized spacial score (nSPS) is 11.3. The standard InChI is InChI=1S/C15H23FN2O4S/c1-22-12-6-10-17-15(19)9-5-11-18(23(2,20)21)14-8-4-3-7-13(14)16/h3-4,7-8H,5-6,9-12H2,1-2H3,(H,17,19). The van der Waals surface area contributed by atoms with Gasteiger partial charge in [0.15, 0.2) is 0 Å². The number of amides is 1. The maximum atomic E-state index is 13.8. The summed E-state index contributed by atoms with van der Waals surface area (Å²) in [6.45, 7) is 1.12. The second kappa shape index (κ2) is 9.46. The van der Waals surface area contributed by atoms with Gasteiger partial charge in [0.25, 0.3) is 0 Å². The molecule has 0 saturated carbocycles. The highest BCUT2D eigenvalue weighted by molar-refractivity contribution is 7.92. The molecule has 0 spiro atoms. The molecule has 0 radical (unpaired) electrons. The molecule has 0 heterocycles. The molecular weight excluding hydrogens is 323 g/mol. The predicted octanol–water partition coefficient (Wildman–Crippen LogP) is 1.52. The second-order valence-corrected chi connectivity index (χ2v) is 6.99. The van der Waals surface area contributed by atoms with Gasteiger partial charge in [-0.25, -0.2) is 12.8 Å². The molecule has 0 aliphatic carbocycles. The van der Waals surface area contributed by atoms with Gasteiger partial charge in [0.2, 0.25) is 15.9 Å². The number of methoxy groups -OCH3 is 1. The van der Waals surface area contributed by atoms with Gasteiger partial charge in [0.05, 0.1) is 11.9 Å². The van der Waals surface area contributed by atoms with Crippen molar-refractivity contribution in [3.63, 3.8) is 0 Å². The SMILES string of the molecule is COCCCNC(=O)CCCN(c1ccccc1F)S(C)(=O)=O. The predicted molar refractivity (Wildman–Crippen MR) is 87.3 cm³/mol. The molecule has 1 N–H and O–H groups in total. The summed E-state index contributed by atoms with van der Waals surface area (Å²) in [7, 11) is -2.03. The average molecular weight is 346 g/mol. The molecule has 8 heteroatoms. The monoisotopic (exact) mass is 346 g/mol. The molecular formula is C15H23FN2O4S. The van der Waals surface area contributed by atoms with Crippen LogP contribution in [0, 0.1) is 5.82 Å². The fraction of sp³-hybridized carbons (Fsp3) is 0.533. The van der Waals surface area contributed by atoms with Crippen LogP contribution in [0.5, 0.6) is 0 Å². The van der Waals surface area contributed by atoms with Crippen molar-refractivity contribution in [1.82, 2.24) is 5.32 Å². The zero-order chi connectivity index (χ0) is 17.3. The molecule has 0 bridgehead atoms. The van der Waals surface area contributed by atoms with E-state index in [1.165, 1.54) is 18.2 Å². The summed E-state index contributed by atoms with van der Waals surface area (Å²) in [5, 5.41) is 2.72. The maximum Gasteiger partial charge on any atom is 0.232 e. The molecule has 0 aliphatic rings. The minimum Gasteiger partial charge on any atom is -0.385 e. The number of nitrogens with zero attached hydrogens (tertiary/aromatic N) is 1. The summed E-state index contributed by atoms with van der Waals surface area (Å²) in [6.07, 6.45) is 2.21. The van der Waals surface area contributed by atoms with E-state index in [-0.39, 0.29) is 24.6 Å². The fourth-order valence-corrected chi connectivity index (χ4v) is 3.00. The number of halogens is 1. The molecule has 1 aromatic carbocycles. The van der Waals surface area contributed by atoms with Gasteiger partial charge < -0.3 is 10.1 Å². The third-order valence-electron chi connectivity index (χ3n) is 3.13. The molecule has 1 rings (SSSR count). The van der Waals surface area contributed by atoms with Crippen molar-refractivity contribution < 1.29 is 22.3 Å². The Morgan fingerprint density at radius 2 is 2.00 bits per heavy atom. The Bertz CT molecular complexity index is 607. The van der Waals surface area contributed by atoms with Crippen molar-refractivity contribution in [3.8, 4) is 0 Å². The first kappa shape index (κ1) is 19.4. The van der Waals surface area contributed by atoms with Crippen LogP contribution < -0.4 is 9.62 Å². The summed E-state index contributed by atoms with van der Waals surface area (Å²) < 4.78 is 43.4. The Morgan fingerprint density at radius 1 is 1.30 bits per heavy atom. The summed E-state index contributed by atoms with van der Waals surface area (Å²) in [5.41, 5.74) is -0.00416. The number of benzene rings is 1. The van der Waals surface area contributed by atoms with Gasteiger partial charge in [-0.1, -0.05) is 12.1 Å². The molecule has 23 heavy (non-hydrogen) atoms. The second-order valence-electron chi connectivity index (χ2n) is 5.09. The van der Waals surface area contributed by atoms with Crippen molar-refractivity contribution in [2.24, 2.45) is 0 Å². The number of hydrogen-bond acceptors (Lipinski definition) is 4. The van der Waals surface area contributed by atoms with Crippen LogP contribution in [0.15, 0.2) is 24.3 Å². The van der Waals surface area contributed by atoms with Crippen molar-refractivity contribution >= 4 is 21.6 Å². The number of carbonyl (C=O) groups is 1. The quantitative estimate of drug-likeness (QED) is 0.652. The Kier molecular flexibility index (Phi) is 7.97. The van der Waals surface area contributed by atoms with Crippen LogP contribution in [0.25, 0.3) is 0 Å². The van der Waals surface area contributed by atoms with E-state index in [1.807, 2.05) is 0 Å². The summed E-state index contributed by atoms with van der Waals surface area (Å²) in [5.74, 6) is -0.773. The fourth-order valence-electron chi connectivity index (χ4n) is 2.03. The van der Waals surface area contributed by atoms with Gasteiger partial charge in [-0.05, 0) is 25.0 Å². The number of sulfonamides is 1. The summed E-state index contributed by atoms with van der Waals surface area (Å²) >= 11 is 0. The van der Waals surface area contributed by atoms with Crippen molar-refractivity contribution in [2.75, 3.05) is 37.4 Å². The highest BCUT2D eigenvalue weighted by Crippen LogP contribution is 2.21. The van der Waals surface area contributed by atoms with E-state index in [4.69, 9.17) is 4.74 Å². The van der Waals surface area contributed by atoms with Gasteiger partial charge in [0, 0.05) is 33.2 Å². The number of rotatable bonds is 10. The Hall–Kier alpha value is -1.67. The number of para-hydroxylation sites is 1. The smallest absolute Gasteiger partial charge is 0.232 e. The molecule has 1 aromatic rings. The number of ether oxygens (including phenoxy) is 1. The zero-order valence-electron chi connectivity index (χ0n) is 13.4. The highest BCUT2D eigenvalue weighted by atomic mass is 32.2. The largest absolute Gasteiger partial charge is 0.385 e. The van der Waals surface area contributed by atoms with E-state index in [2.05, 4.69) is 5.32 Å². The number of carbonyl (C=O) groups excluding carboxylic acids is 1. The third-order valence-corrected chi connectivity index (χ3v) is 4.31. The van der Waals surface area contributed by atoms with Crippen LogP contribution in [0.2, 0.25) is 0 Å². The Labute approximate surface area is 136 Å². The van der Waals surface area contributed by atoms with E-state index in [0.717, 1.165) is 10.6 Å². The van der Waals surface area contributed by atoms with Gasteiger partial charge in [-0.2, -0.15) is 0 Å². The van der Waals surface area contributed by atoms with Gasteiger partial charge >= 0.3 is 0 Å². The lowest BCUT2D eigenvalue weighted by Crippen LogP contribution is -2.33. The molecule has 6 nitrogen and oxygen atoms in total. The molecule has 0 aromatic heterocycles. The lowest BCUT2D eigenvalue weighted by Gasteiger charge is -2.22. The Morgan fingerprint density at radius 3 is 2.61 bits per heavy atom. The third kappa shape index (κ3) is 6.96. The summed E-state index contributed by atoms with van der Waals surface area (Å²) in [6, 6.07) is 5.67. The average Bonchev–Trinajstić information content (AvgIpc) is 2.48. The molecule has 0 unspecified atom stereocenters. The minimum atomic E-state index is -3.62. The van der Waals surface area contributed by atoms with Crippen molar-refractivity contribution in [1.29, 1.82) is 0 Å². The molecule has 0 aliphatic heterocycles. The van der Waals surface area contributed by atoms with Gasteiger partial charge in [0.1, 0.15) is 5.82 Å². The molecule has 1 amide bonds. The van der Waals surface area contributed by atoms with Crippen LogP contribution >= 0.6 is 0 Å². The molecule has 130 valence electrons. The first-order valence-electron chi connectivity index (χ1n) is 7.34. The topological polar surface area (TPSA) is 75.7 Å². The van der Waals surface area contributed by atoms with Crippen LogP contribution in [0.1, 0.15) is 19.3 Å². The van der Waals surface area contributed by atoms with Gasteiger partial charge in [-0.3, -0.25) is 9.10 Å². The first-order valence-corrected chi connectivity index (χ1v) is 9.19. The summed E-state index contributed by atoms with van der Waals surface area (Å²) in [4.78, 5) is 11.6. The number of nitrogens with one attached hydrogen (secondary N) is 1. The number of anilines is 1. The zero-order valence-corrected chi connectivity index (χ0v) is 14.2. The lowest BCUT2D eigenvalue weighted by molar-refractivity contribution is -0.121. The molecule has 0 saturated heterocycles. The maximum absolute atomic E-state index is 13.8. The van der Waals surface area contributed by atoms with Crippen LogP contribution in [0.3, 0.4) is 0 Å². The minimum absolute atomic E-state index is 0.00416.